The molecule has 1 aliphatic carbocycles. The van der Waals surface area contributed by atoms with Crippen LogP contribution in [0.15, 0.2) is 0 Å². The Hall–Kier alpha value is -1.14. The Bertz CT molecular complexity index is 374. The van der Waals surface area contributed by atoms with Crippen LogP contribution >= 0.6 is 0 Å². The van der Waals surface area contributed by atoms with E-state index in [1.807, 2.05) is 0 Å². The first kappa shape index (κ1) is 16.2. The smallest absolute Gasteiger partial charge is 0.331 e. The van der Waals surface area contributed by atoms with E-state index in [0.717, 1.165) is 25.7 Å². The molecular formula is C15H26N2O4. The molecule has 21 heavy (non-hydrogen) atoms. The molecule has 3 N–H and O–H groups in total. The van der Waals surface area contributed by atoms with E-state index >= 15 is 0 Å². The standard InChI is InChI=1S/C15H26N2O4/c1-2-21-14(19)12(15(20)7-9-16-10-8-15)17-13(18)11-5-3-4-6-11/h11-12,16,20H,2-10H2,1H3,(H,17,18). The van der Waals surface area contributed by atoms with Crippen molar-refractivity contribution in [3.05, 3.63) is 0 Å². The predicted molar refractivity (Wildman–Crippen MR) is 77.6 cm³/mol. The number of amides is 1. The van der Waals surface area contributed by atoms with E-state index in [2.05, 4.69) is 10.6 Å². The summed E-state index contributed by atoms with van der Waals surface area (Å²) in [6.07, 6.45) is 4.69. The van der Waals surface area contributed by atoms with Crippen molar-refractivity contribution in [2.75, 3.05) is 19.7 Å². The zero-order valence-electron chi connectivity index (χ0n) is 12.7. The van der Waals surface area contributed by atoms with Crippen LogP contribution in [0.5, 0.6) is 0 Å². The van der Waals surface area contributed by atoms with E-state index in [9.17, 15) is 14.7 Å². The number of hydrogen-bond donors (Lipinski definition) is 3. The summed E-state index contributed by atoms with van der Waals surface area (Å²) < 4.78 is 5.05. The minimum Gasteiger partial charge on any atom is -0.464 e. The van der Waals surface area contributed by atoms with Gasteiger partial charge in [0.2, 0.25) is 5.91 Å². The van der Waals surface area contributed by atoms with Crippen LogP contribution < -0.4 is 10.6 Å². The van der Waals surface area contributed by atoms with Gasteiger partial charge in [0.1, 0.15) is 0 Å². The Labute approximate surface area is 125 Å². The van der Waals surface area contributed by atoms with E-state index in [4.69, 9.17) is 4.74 Å². The molecule has 1 atom stereocenters. The van der Waals surface area contributed by atoms with Gasteiger partial charge in [-0.3, -0.25) is 4.79 Å². The largest absolute Gasteiger partial charge is 0.464 e. The second-order valence-electron chi connectivity index (χ2n) is 6.03. The number of esters is 1. The van der Waals surface area contributed by atoms with Crippen molar-refractivity contribution in [1.82, 2.24) is 10.6 Å². The summed E-state index contributed by atoms with van der Waals surface area (Å²) in [7, 11) is 0. The topological polar surface area (TPSA) is 87.7 Å². The predicted octanol–water partition coefficient (Wildman–Crippen LogP) is 0.339. The number of nitrogens with one attached hydrogen (secondary N) is 2. The molecule has 1 saturated carbocycles. The molecule has 120 valence electrons. The molecule has 1 unspecified atom stereocenters. The van der Waals surface area contributed by atoms with Crippen LogP contribution in [0, 0.1) is 5.92 Å². The lowest BCUT2D eigenvalue weighted by Crippen LogP contribution is -2.61. The first-order chi connectivity index (χ1) is 10.1. The quantitative estimate of drug-likeness (QED) is 0.637. The van der Waals surface area contributed by atoms with Gasteiger partial charge in [0.25, 0.3) is 0 Å². The molecule has 2 aliphatic rings. The number of aliphatic hydroxyl groups is 1. The van der Waals surface area contributed by atoms with Crippen LogP contribution in [-0.4, -0.2) is 48.3 Å². The molecule has 0 spiro atoms. The summed E-state index contributed by atoms with van der Waals surface area (Å²) >= 11 is 0. The SMILES string of the molecule is CCOC(=O)C(NC(=O)C1CCCC1)C1(O)CCNCC1. The Morgan fingerprint density at radius 2 is 1.95 bits per heavy atom. The lowest BCUT2D eigenvalue weighted by Gasteiger charge is -2.38. The van der Waals surface area contributed by atoms with Gasteiger partial charge >= 0.3 is 5.97 Å². The van der Waals surface area contributed by atoms with E-state index in [1.165, 1.54) is 0 Å². The maximum absolute atomic E-state index is 12.3. The normalized spacial score (nSPS) is 23.5. The van der Waals surface area contributed by atoms with Crippen LogP contribution in [-0.2, 0) is 14.3 Å². The van der Waals surface area contributed by atoms with Gasteiger partial charge in [0.15, 0.2) is 6.04 Å². The molecule has 1 amide bonds. The van der Waals surface area contributed by atoms with Crippen molar-refractivity contribution in [1.29, 1.82) is 0 Å². The maximum atomic E-state index is 12.3. The molecule has 0 bridgehead atoms. The first-order valence-corrected chi connectivity index (χ1v) is 7.97. The zero-order valence-corrected chi connectivity index (χ0v) is 12.7. The Morgan fingerprint density at radius 1 is 1.33 bits per heavy atom. The average molecular weight is 298 g/mol. The number of carbonyl (C=O) groups is 2. The first-order valence-electron chi connectivity index (χ1n) is 7.97. The highest BCUT2D eigenvalue weighted by Gasteiger charge is 2.44. The molecule has 0 aromatic rings. The van der Waals surface area contributed by atoms with Gasteiger partial charge < -0.3 is 20.5 Å². The Kier molecular flexibility index (Phi) is 5.58. The second-order valence-corrected chi connectivity index (χ2v) is 6.03. The van der Waals surface area contributed by atoms with E-state index in [1.54, 1.807) is 6.92 Å². The van der Waals surface area contributed by atoms with Crippen molar-refractivity contribution in [2.24, 2.45) is 5.92 Å². The molecule has 1 aliphatic heterocycles. The van der Waals surface area contributed by atoms with Crippen LogP contribution in [0.1, 0.15) is 45.4 Å². The highest BCUT2D eigenvalue weighted by molar-refractivity contribution is 5.86. The Balaban J connectivity index is 2.07. The summed E-state index contributed by atoms with van der Waals surface area (Å²) in [5, 5.41) is 16.7. The highest BCUT2D eigenvalue weighted by atomic mass is 16.5. The molecule has 1 heterocycles. The monoisotopic (exact) mass is 298 g/mol. The van der Waals surface area contributed by atoms with Gasteiger partial charge in [-0.1, -0.05) is 12.8 Å². The lowest BCUT2D eigenvalue weighted by atomic mass is 9.84. The zero-order chi connectivity index (χ0) is 15.3. The molecule has 2 fully saturated rings. The minimum atomic E-state index is -1.22. The van der Waals surface area contributed by atoms with E-state index < -0.39 is 17.6 Å². The summed E-state index contributed by atoms with van der Waals surface area (Å²) in [6, 6.07) is -0.965. The van der Waals surface area contributed by atoms with Gasteiger partial charge in [-0.05, 0) is 45.7 Å². The third-order valence-electron chi connectivity index (χ3n) is 4.54. The molecule has 0 aromatic carbocycles. The van der Waals surface area contributed by atoms with Crippen molar-refractivity contribution in [2.45, 2.75) is 57.1 Å². The van der Waals surface area contributed by atoms with Gasteiger partial charge in [0, 0.05) is 5.92 Å². The fourth-order valence-electron chi connectivity index (χ4n) is 3.23. The van der Waals surface area contributed by atoms with E-state index in [-0.39, 0.29) is 18.4 Å². The fraction of sp³-hybridized carbons (Fsp3) is 0.867. The van der Waals surface area contributed by atoms with Gasteiger partial charge in [-0.2, -0.15) is 0 Å². The molecule has 0 aromatic heterocycles. The van der Waals surface area contributed by atoms with Gasteiger partial charge in [0.05, 0.1) is 12.2 Å². The fourth-order valence-corrected chi connectivity index (χ4v) is 3.23. The van der Waals surface area contributed by atoms with Crippen LogP contribution in [0.3, 0.4) is 0 Å². The average Bonchev–Trinajstić information content (AvgIpc) is 2.99. The van der Waals surface area contributed by atoms with Crippen molar-refractivity contribution in [3.63, 3.8) is 0 Å². The molecule has 1 saturated heterocycles. The van der Waals surface area contributed by atoms with E-state index in [0.29, 0.717) is 25.9 Å². The molecule has 0 radical (unpaired) electrons. The number of piperidine rings is 1. The number of hydrogen-bond acceptors (Lipinski definition) is 5. The van der Waals surface area contributed by atoms with Gasteiger partial charge in [-0.15, -0.1) is 0 Å². The molecule has 6 heteroatoms. The number of carbonyl (C=O) groups excluding carboxylic acids is 2. The summed E-state index contributed by atoms with van der Waals surface area (Å²) in [5.74, 6) is -0.696. The third-order valence-corrected chi connectivity index (χ3v) is 4.54. The van der Waals surface area contributed by atoms with Crippen molar-refractivity contribution < 1.29 is 19.4 Å². The maximum Gasteiger partial charge on any atom is 0.331 e. The lowest BCUT2D eigenvalue weighted by molar-refractivity contribution is -0.158. The molecule has 2 rings (SSSR count). The summed E-state index contributed by atoms with van der Waals surface area (Å²) in [4.78, 5) is 24.5. The number of rotatable bonds is 5. The minimum absolute atomic E-state index is 0.0350. The summed E-state index contributed by atoms with van der Waals surface area (Å²) in [5.41, 5.74) is -1.22. The van der Waals surface area contributed by atoms with Crippen LogP contribution in [0.2, 0.25) is 0 Å². The third kappa shape index (κ3) is 3.95. The van der Waals surface area contributed by atoms with Crippen LogP contribution in [0.25, 0.3) is 0 Å². The Morgan fingerprint density at radius 3 is 2.52 bits per heavy atom. The summed E-state index contributed by atoms with van der Waals surface area (Å²) in [6.45, 7) is 3.22. The number of ether oxygens (including phenoxy) is 1. The van der Waals surface area contributed by atoms with Crippen molar-refractivity contribution >= 4 is 11.9 Å². The molecular weight excluding hydrogens is 272 g/mol. The van der Waals surface area contributed by atoms with Gasteiger partial charge in [-0.25, -0.2) is 4.79 Å². The second kappa shape index (κ2) is 7.22. The van der Waals surface area contributed by atoms with Crippen molar-refractivity contribution in [3.8, 4) is 0 Å². The van der Waals surface area contributed by atoms with Crippen LogP contribution in [0.4, 0.5) is 0 Å². The molecule has 6 nitrogen and oxygen atoms in total. The highest BCUT2D eigenvalue weighted by Crippen LogP contribution is 2.27.